The quantitative estimate of drug-likeness (QED) is 0.717. The third-order valence-corrected chi connectivity index (χ3v) is 2.62. The van der Waals surface area contributed by atoms with Gasteiger partial charge in [0.1, 0.15) is 0 Å². The summed E-state index contributed by atoms with van der Waals surface area (Å²) in [6, 6.07) is 10.2. The maximum Gasteiger partial charge on any atom is 0.195 e. The largest absolute Gasteiger partial charge is 0.343 e. The maximum atomic E-state index is 5.86. The lowest BCUT2D eigenvalue weighted by molar-refractivity contribution is -0.177. The Hall–Kier alpha value is -0.860. The summed E-state index contributed by atoms with van der Waals surface area (Å²) in [5, 5.41) is 0. The van der Waals surface area contributed by atoms with E-state index in [-0.39, 0.29) is 6.10 Å². The molecule has 2 rings (SSSR count). The van der Waals surface area contributed by atoms with Gasteiger partial charge in [-0.3, -0.25) is 0 Å². The summed E-state index contributed by atoms with van der Waals surface area (Å²) < 4.78 is 11.6. The van der Waals surface area contributed by atoms with E-state index in [1.807, 2.05) is 25.1 Å². The summed E-state index contributed by atoms with van der Waals surface area (Å²) in [6.07, 6.45) is 1.04. The van der Waals surface area contributed by atoms with Gasteiger partial charge >= 0.3 is 0 Å². The summed E-state index contributed by atoms with van der Waals surface area (Å²) in [5.41, 5.74) is 1.12. The van der Waals surface area contributed by atoms with Gasteiger partial charge in [-0.2, -0.15) is 0 Å². The van der Waals surface area contributed by atoms with E-state index in [1.165, 1.54) is 0 Å². The van der Waals surface area contributed by atoms with Crippen LogP contribution in [0.3, 0.4) is 0 Å². The van der Waals surface area contributed by atoms with Gasteiger partial charge in [-0.1, -0.05) is 37.3 Å². The fourth-order valence-corrected chi connectivity index (χ4v) is 1.88. The van der Waals surface area contributed by atoms with Crippen molar-refractivity contribution in [2.45, 2.75) is 32.2 Å². The van der Waals surface area contributed by atoms with Crippen LogP contribution in [-0.4, -0.2) is 12.7 Å². The molecule has 0 bridgehead atoms. The minimum Gasteiger partial charge on any atom is -0.343 e. The minimum absolute atomic E-state index is 0.190. The molecule has 1 fully saturated rings. The van der Waals surface area contributed by atoms with Crippen molar-refractivity contribution in [2.75, 3.05) is 6.61 Å². The molecule has 0 aromatic heterocycles. The van der Waals surface area contributed by atoms with Crippen LogP contribution >= 0.6 is 0 Å². The summed E-state index contributed by atoms with van der Waals surface area (Å²) >= 11 is 0. The van der Waals surface area contributed by atoms with Crippen LogP contribution in [0.2, 0.25) is 0 Å². The van der Waals surface area contributed by atoms with Crippen molar-refractivity contribution in [3.05, 3.63) is 35.9 Å². The summed E-state index contributed by atoms with van der Waals surface area (Å²) in [4.78, 5) is 0. The molecule has 2 heteroatoms. The van der Waals surface area contributed by atoms with Crippen molar-refractivity contribution < 1.29 is 9.47 Å². The monoisotopic (exact) mass is 192 g/mol. The Morgan fingerprint density at radius 3 is 2.57 bits per heavy atom. The molecule has 1 aliphatic heterocycles. The predicted octanol–water partition coefficient (Wildman–Crippen LogP) is 2.68. The van der Waals surface area contributed by atoms with E-state index in [1.54, 1.807) is 0 Å². The standard InChI is InChI=1S/C12H16O2/c1-3-12(13-9-10(2)14-12)11-7-5-4-6-8-11/h4-8,10H,3,9H2,1-2H3/t10-,12+/m1/s1. The number of hydrogen-bond acceptors (Lipinski definition) is 2. The highest BCUT2D eigenvalue weighted by Gasteiger charge is 2.39. The van der Waals surface area contributed by atoms with Gasteiger partial charge in [0.15, 0.2) is 5.79 Å². The molecular weight excluding hydrogens is 176 g/mol. The first kappa shape index (κ1) is 9.69. The molecule has 1 saturated heterocycles. The molecule has 0 spiro atoms. The van der Waals surface area contributed by atoms with E-state index in [0.717, 1.165) is 12.0 Å². The van der Waals surface area contributed by atoms with Gasteiger partial charge < -0.3 is 9.47 Å². The fourth-order valence-electron chi connectivity index (χ4n) is 1.88. The first-order valence-electron chi connectivity index (χ1n) is 5.14. The summed E-state index contributed by atoms with van der Waals surface area (Å²) in [7, 11) is 0. The Bertz CT molecular complexity index is 296. The average Bonchev–Trinajstić information content (AvgIpc) is 2.63. The Morgan fingerprint density at radius 2 is 2.07 bits per heavy atom. The van der Waals surface area contributed by atoms with Crippen LogP contribution in [0.1, 0.15) is 25.8 Å². The molecule has 1 aromatic rings. The fraction of sp³-hybridized carbons (Fsp3) is 0.500. The van der Waals surface area contributed by atoms with Gasteiger partial charge in [0, 0.05) is 12.0 Å². The van der Waals surface area contributed by atoms with Crippen LogP contribution in [0.4, 0.5) is 0 Å². The summed E-state index contributed by atoms with van der Waals surface area (Å²) in [6.45, 7) is 4.81. The van der Waals surface area contributed by atoms with E-state index in [9.17, 15) is 0 Å². The lowest BCUT2D eigenvalue weighted by Gasteiger charge is -2.26. The second-order valence-electron chi connectivity index (χ2n) is 3.71. The molecule has 1 aliphatic rings. The van der Waals surface area contributed by atoms with Crippen LogP contribution in [0.15, 0.2) is 30.3 Å². The molecule has 0 unspecified atom stereocenters. The van der Waals surface area contributed by atoms with Crippen molar-refractivity contribution in [3.63, 3.8) is 0 Å². The highest BCUT2D eigenvalue weighted by atomic mass is 16.7. The molecule has 2 nitrogen and oxygen atoms in total. The topological polar surface area (TPSA) is 18.5 Å². The SMILES string of the molecule is CC[C@]1(c2ccccc2)OC[C@@H](C)O1. The molecule has 76 valence electrons. The minimum atomic E-state index is -0.499. The molecule has 0 aliphatic carbocycles. The zero-order valence-corrected chi connectivity index (χ0v) is 8.69. The lowest BCUT2D eigenvalue weighted by atomic mass is 10.0. The van der Waals surface area contributed by atoms with Crippen molar-refractivity contribution in [2.24, 2.45) is 0 Å². The first-order chi connectivity index (χ1) is 6.77. The van der Waals surface area contributed by atoms with Gasteiger partial charge in [-0.25, -0.2) is 0 Å². The van der Waals surface area contributed by atoms with Gasteiger partial charge in [0.25, 0.3) is 0 Å². The van der Waals surface area contributed by atoms with Crippen molar-refractivity contribution in [1.29, 1.82) is 0 Å². The Kier molecular flexibility index (Phi) is 2.57. The normalized spacial score (nSPS) is 32.0. The molecule has 0 amide bonds. The zero-order valence-electron chi connectivity index (χ0n) is 8.69. The Labute approximate surface area is 84.8 Å². The van der Waals surface area contributed by atoms with Crippen LogP contribution in [0.25, 0.3) is 0 Å². The third-order valence-electron chi connectivity index (χ3n) is 2.62. The molecule has 14 heavy (non-hydrogen) atoms. The maximum absolute atomic E-state index is 5.86. The smallest absolute Gasteiger partial charge is 0.195 e. The van der Waals surface area contributed by atoms with Crippen LogP contribution in [0.5, 0.6) is 0 Å². The van der Waals surface area contributed by atoms with Gasteiger partial charge in [0.2, 0.25) is 0 Å². The van der Waals surface area contributed by atoms with Gasteiger partial charge in [-0.15, -0.1) is 0 Å². The van der Waals surface area contributed by atoms with Gasteiger partial charge in [0.05, 0.1) is 12.7 Å². The van der Waals surface area contributed by atoms with E-state index in [2.05, 4.69) is 19.1 Å². The van der Waals surface area contributed by atoms with Gasteiger partial charge in [-0.05, 0) is 6.92 Å². The number of hydrogen-bond donors (Lipinski definition) is 0. The van der Waals surface area contributed by atoms with E-state index in [0.29, 0.717) is 6.61 Å². The highest BCUT2D eigenvalue weighted by Crippen LogP contribution is 2.36. The van der Waals surface area contributed by atoms with Crippen molar-refractivity contribution in [3.8, 4) is 0 Å². The third kappa shape index (κ3) is 1.56. The summed E-state index contributed by atoms with van der Waals surface area (Å²) in [5.74, 6) is -0.499. The molecular formula is C12H16O2. The number of rotatable bonds is 2. The van der Waals surface area contributed by atoms with Crippen molar-refractivity contribution >= 4 is 0 Å². The number of ether oxygens (including phenoxy) is 2. The first-order valence-corrected chi connectivity index (χ1v) is 5.14. The van der Waals surface area contributed by atoms with E-state index in [4.69, 9.17) is 9.47 Å². The zero-order chi connectivity index (χ0) is 10.0. The molecule has 0 radical (unpaired) electrons. The van der Waals surface area contributed by atoms with E-state index < -0.39 is 5.79 Å². The lowest BCUT2D eigenvalue weighted by Crippen LogP contribution is -2.26. The number of benzene rings is 1. The van der Waals surface area contributed by atoms with Crippen LogP contribution in [-0.2, 0) is 15.3 Å². The highest BCUT2D eigenvalue weighted by molar-refractivity contribution is 5.20. The molecule has 1 heterocycles. The molecule has 0 saturated carbocycles. The van der Waals surface area contributed by atoms with Crippen molar-refractivity contribution in [1.82, 2.24) is 0 Å². The second kappa shape index (κ2) is 3.71. The van der Waals surface area contributed by atoms with E-state index >= 15 is 0 Å². The molecule has 2 atom stereocenters. The van der Waals surface area contributed by atoms with Crippen LogP contribution < -0.4 is 0 Å². The second-order valence-corrected chi connectivity index (χ2v) is 3.71. The Morgan fingerprint density at radius 1 is 1.36 bits per heavy atom. The average molecular weight is 192 g/mol. The molecule has 0 N–H and O–H groups in total. The Balaban J connectivity index is 2.30. The predicted molar refractivity (Wildman–Crippen MR) is 54.9 cm³/mol. The van der Waals surface area contributed by atoms with Crippen LogP contribution in [0, 0.1) is 0 Å². The molecule has 1 aromatic carbocycles.